The van der Waals surface area contributed by atoms with Gasteiger partial charge in [-0.3, -0.25) is 0 Å². The highest BCUT2D eigenvalue weighted by Crippen LogP contribution is 2.43. The van der Waals surface area contributed by atoms with Crippen molar-refractivity contribution in [2.24, 2.45) is 11.8 Å². The molecule has 0 atom stereocenters. The smallest absolute Gasteiger partial charge is 0.159 e. The van der Waals surface area contributed by atoms with Crippen molar-refractivity contribution >= 4 is 8.80 Å². The first-order valence-corrected chi connectivity index (χ1v) is 12.7. The number of hydrogen-bond acceptors (Lipinski definition) is 0. The lowest BCUT2D eigenvalue weighted by Crippen LogP contribution is -2.28. The molecule has 0 amide bonds. The molecule has 0 nitrogen and oxygen atoms in total. The van der Waals surface area contributed by atoms with Gasteiger partial charge in [-0.1, -0.05) is 49.5 Å². The fraction of sp³-hybridized carbons (Fsp3) is 0.636. The lowest BCUT2D eigenvalue weighted by atomic mass is 9.72. The van der Waals surface area contributed by atoms with E-state index in [1.54, 1.807) is 18.2 Å². The van der Waals surface area contributed by atoms with Gasteiger partial charge in [0.05, 0.1) is 0 Å². The van der Waals surface area contributed by atoms with E-state index in [0.29, 0.717) is 5.92 Å². The van der Waals surface area contributed by atoms with Crippen LogP contribution in [-0.2, 0) is 0 Å². The van der Waals surface area contributed by atoms with Crippen molar-refractivity contribution in [3.05, 3.63) is 48.1 Å². The molecule has 0 radical (unpaired) electrons. The van der Waals surface area contributed by atoms with Crippen LogP contribution in [0.1, 0.15) is 62.8 Å². The van der Waals surface area contributed by atoms with E-state index in [2.05, 4.69) is 12.7 Å². The number of benzene rings is 1. The monoisotopic (exact) mass is 362 g/mol. The number of halogens is 2. The molecule has 0 unspecified atom stereocenters. The second-order valence-electron chi connectivity index (χ2n) is 8.29. The molecule has 1 saturated carbocycles. The van der Waals surface area contributed by atoms with Gasteiger partial charge in [0.15, 0.2) is 11.6 Å². The minimum atomic E-state index is -0.730. The maximum atomic E-state index is 13.5. The summed E-state index contributed by atoms with van der Waals surface area (Å²) in [5, 5.41) is 0. The molecule has 1 saturated heterocycles. The number of allylic oxidation sites excluding steroid dienone is 1. The normalized spacial score (nSPS) is 30.2. The summed E-state index contributed by atoms with van der Waals surface area (Å²) in [6.07, 6.45) is 12.4. The molecule has 138 valence electrons. The predicted octanol–water partition coefficient (Wildman–Crippen LogP) is 6.84. The van der Waals surface area contributed by atoms with Gasteiger partial charge < -0.3 is 0 Å². The Bertz CT molecular complexity index is 555. The Kier molecular flexibility index (Phi) is 6.86. The summed E-state index contributed by atoms with van der Waals surface area (Å²) in [6.45, 7) is 3.83. The molecular formula is C22H32F2Si. The summed E-state index contributed by atoms with van der Waals surface area (Å²) in [5.74, 6) is 0.820. The molecule has 0 spiro atoms. The second-order valence-corrected chi connectivity index (χ2v) is 11.7. The number of unbranched alkanes of at least 4 members (excludes halogenated alkanes) is 1. The summed E-state index contributed by atoms with van der Waals surface area (Å²) in [7, 11) is -0.448. The zero-order valence-corrected chi connectivity index (χ0v) is 16.5. The summed E-state index contributed by atoms with van der Waals surface area (Å²) in [6, 6.07) is 9.09. The van der Waals surface area contributed by atoms with Crippen molar-refractivity contribution in [2.45, 2.75) is 75.4 Å². The largest absolute Gasteiger partial charge is 0.204 e. The van der Waals surface area contributed by atoms with E-state index < -0.39 is 20.4 Å². The summed E-state index contributed by atoms with van der Waals surface area (Å²) < 4.78 is 26.6. The van der Waals surface area contributed by atoms with Gasteiger partial charge >= 0.3 is 0 Å². The van der Waals surface area contributed by atoms with Gasteiger partial charge in [-0.2, -0.15) is 0 Å². The maximum Gasteiger partial charge on any atom is 0.159 e. The zero-order chi connectivity index (χ0) is 17.6. The van der Waals surface area contributed by atoms with Crippen molar-refractivity contribution in [1.29, 1.82) is 0 Å². The van der Waals surface area contributed by atoms with Crippen LogP contribution in [0.4, 0.5) is 8.78 Å². The molecule has 1 aliphatic carbocycles. The highest BCUT2D eigenvalue weighted by molar-refractivity contribution is 6.58. The van der Waals surface area contributed by atoms with Crippen LogP contribution in [0.5, 0.6) is 0 Å². The molecule has 1 aliphatic heterocycles. The molecule has 2 fully saturated rings. The first kappa shape index (κ1) is 18.8. The molecule has 1 heterocycles. The van der Waals surface area contributed by atoms with Crippen LogP contribution in [0.3, 0.4) is 0 Å². The lowest BCUT2D eigenvalue weighted by Gasteiger charge is -2.37. The Balaban J connectivity index is 1.43. The van der Waals surface area contributed by atoms with E-state index in [9.17, 15) is 8.78 Å². The molecule has 3 rings (SSSR count). The molecule has 2 aliphatic rings. The van der Waals surface area contributed by atoms with Gasteiger partial charge in [-0.25, -0.2) is 8.78 Å². The average molecular weight is 363 g/mol. The fourth-order valence-corrected chi connectivity index (χ4v) is 8.67. The van der Waals surface area contributed by atoms with Gasteiger partial charge in [0.25, 0.3) is 0 Å². The van der Waals surface area contributed by atoms with Crippen LogP contribution >= 0.6 is 0 Å². The highest BCUT2D eigenvalue weighted by Gasteiger charge is 2.31. The van der Waals surface area contributed by atoms with Gasteiger partial charge in [0.1, 0.15) is 0 Å². The molecule has 0 aromatic heterocycles. The summed E-state index contributed by atoms with van der Waals surface area (Å²) in [5.41, 5.74) is 0.996. The van der Waals surface area contributed by atoms with E-state index in [4.69, 9.17) is 0 Å². The first-order valence-electron chi connectivity index (χ1n) is 10.2. The van der Waals surface area contributed by atoms with Crippen LogP contribution in [0.15, 0.2) is 30.9 Å². The number of rotatable bonds is 6. The van der Waals surface area contributed by atoms with E-state index in [1.807, 2.05) is 0 Å². The van der Waals surface area contributed by atoms with Crippen molar-refractivity contribution in [2.75, 3.05) is 0 Å². The quantitative estimate of drug-likeness (QED) is 0.295. The summed E-state index contributed by atoms with van der Waals surface area (Å²) >= 11 is 0. The van der Waals surface area contributed by atoms with Gasteiger partial charge in [0, 0.05) is 8.80 Å². The Morgan fingerprint density at radius 2 is 1.64 bits per heavy atom. The predicted molar refractivity (Wildman–Crippen MR) is 105 cm³/mol. The zero-order valence-electron chi connectivity index (χ0n) is 15.4. The number of hydrogen-bond donors (Lipinski definition) is 0. The van der Waals surface area contributed by atoms with Crippen molar-refractivity contribution in [3.63, 3.8) is 0 Å². The SMILES string of the molecule is C=CCCC[SiH]1CCC(C2CCC(c3ccc(F)c(F)c3)CC2)CC1. The molecule has 0 N–H and O–H groups in total. The van der Waals surface area contributed by atoms with Crippen LogP contribution in [0, 0.1) is 23.5 Å². The van der Waals surface area contributed by atoms with Crippen molar-refractivity contribution < 1.29 is 8.78 Å². The summed E-state index contributed by atoms with van der Waals surface area (Å²) in [4.78, 5) is 0. The maximum absolute atomic E-state index is 13.5. The lowest BCUT2D eigenvalue weighted by molar-refractivity contribution is 0.216. The molecule has 1 aromatic carbocycles. The third-order valence-corrected chi connectivity index (χ3v) is 10.3. The van der Waals surface area contributed by atoms with Crippen LogP contribution < -0.4 is 0 Å². The first-order chi connectivity index (χ1) is 12.2. The van der Waals surface area contributed by atoms with Gasteiger partial charge in [-0.05, 0) is 67.6 Å². The Labute approximate surface area is 153 Å². The second kappa shape index (κ2) is 9.11. The van der Waals surface area contributed by atoms with Crippen molar-refractivity contribution in [1.82, 2.24) is 0 Å². The average Bonchev–Trinajstić information content (AvgIpc) is 2.65. The van der Waals surface area contributed by atoms with E-state index in [1.165, 1.54) is 56.7 Å². The Morgan fingerprint density at radius 1 is 0.960 bits per heavy atom. The molecule has 3 heteroatoms. The van der Waals surface area contributed by atoms with E-state index >= 15 is 0 Å². The fourth-order valence-electron chi connectivity index (χ4n) is 5.19. The van der Waals surface area contributed by atoms with Crippen LogP contribution in [0.25, 0.3) is 0 Å². The third kappa shape index (κ3) is 5.03. The van der Waals surface area contributed by atoms with Crippen molar-refractivity contribution in [3.8, 4) is 0 Å². The van der Waals surface area contributed by atoms with Gasteiger partial charge in [0.2, 0.25) is 0 Å². The molecule has 0 bridgehead atoms. The topological polar surface area (TPSA) is 0 Å². The van der Waals surface area contributed by atoms with E-state index in [-0.39, 0.29) is 0 Å². The van der Waals surface area contributed by atoms with Gasteiger partial charge in [-0.15, -0.1) is 6.58 Å². The Hall–Kier alpha value is -0.963. The molecular weight excluding hydrogens is 330 g/mol. The van der Waals surface area contributed by atoms with Crippen LogP contribution in [0.2, 0.25) is 18.1 Å². The highest BCUT2D eigenvalue weighted by atomic mass is 28.3. The molecule has 25 heavy (non-hydrogen) atoms. The minimum Gasteiger partial charge on any atom is -0.204 e. The standard InChI is InChI=1S/C22H32F2Si/c1-2-3-4-13-25-14-11-19(12-15-25)17-5-7-18(8-6-17)20-9-10-21(23)22(24)16-20/h2,9-10,16-19,25H,1,3-8,11-15H2. The minimum absolute atomic E-state index is 0.427. The Morgan fingerprint density at radius 3 is 2.28 bits per heavy atom. The van der Waals surface area contributed by atoms with Crippen LogP contribution in [-0.4, -0.2) is 8.80 Å². The molecule has 1 aromatic rings. The van der Waals surface area contributed by atoms with E-state index in [0.717, 1.165) is 30.2 Å². The third-order valence-electron chi connectivity index (χ3n) is 6.77.